The van der Waals surface area contributed by atoms with Crippen molar-refractivity contribution in [3.05, 3.63) is 92.4 Å². The van der Waals surface area contributed by atoms with E-state index in [-0.39, 0.29) is 22.0 Å². The Bertz CT molecular complexity index is 1690. The van der Waals surface area contributed by atoms with Gasteiger partial charge in [-0.2, -0.15) is 0 Å². The maximum absolute atomic E-state index is 13.2. The molecular weight excluding hydrogens is 598 g/mol. The average Bonchev–Trinajstić information content (AvgIpc) is 3.26. The van der Waals surface area contributed by atoms with Crippen molar-refractivity contribution in [2.24, 2.45) is 0 Å². The number of hydrogen-bond donors (Lipinski definition) is 2. The molecule has 0 bridgehead atoms. The largest absolute Gasteiger partial charge is 0.483 e. The molecule has 234 valence electrons. The minimum atomic E-state index is -0.622. The summed E-state index contributed by atoms with van der Waals surface area (Å²) in [6.45, 7) is 8.29. The van der Waals surface area contributed by atoms with Crippen LogP contribution in [0.1, 0.15) is 30.5 Å². The van der Waals surface area contributed by atoms with Crippen molar-refractivity contribution in [2.45, 2.75) is 27.7 Å². The first-order chi connectivity index (χ1) is 21.5. The van der Waals surface area contributed by atoms with Crippen molar-refractivity contribution in [3.63, 3.8) is 0 Å². The highest BCUT2D eigenvalue weighted by Crippen LogP contribution is 2.35. The zero-order valence-corrected chi connectivity index (χ0v) is 26.1. The smallest absolute Gasteiger partial charge is 0.294 e. The van der Waals surface area contributed by atoms with E-state index in [0.717, 1.165) is 21.7 Å². The number of aryl methyl sites for hydroxylation is 2. The minimum Gasteiger partial charge on any atom is -0.483 e. The number of carbonyl (C=O) groups excluding carboxylic acids is 4. The molecule has 3 aromatic rings. The first-order valence-electron chi connectivity index (χ1n) is 14.2. The van der Waals surface area contributed by atoms with Crippen molar-refractivity contribution >= 4 is 63.5 Å². The van der Waals surface area contributed by atoms with Crippen molar-refractivity contribution in [1.29, 1.82) is 0 Å². The standard InChI is InChI=1S/C32H33N5O7S/c1-5-35(6-2)24-13-12-22(27(17-24)44-19-30(39)33-23-8-7-9-25(16-23)37(42)43)15-28-31(40)36(32(41)45-28)18-29(38)34-26-14-20(3)10-11-21(26)4/h7-17H,5-6,18-19H2,1-4H3,(H,33,39)(H,34,38)/b28-15+. The second-order valence-corrected chi connectivity index (χ2v) is 11.2. The van der Waals surface area contributed by atoms with Crippen molar-refractivity contribution < 1.29 is 28.8 Å². The molecule has 1 fully saturated rings. The fraction of sp³-hybridized carbons (Fsp3) is 0.250. The van der Waals surface area contributed by atoms with E-state index in [0.29, 0.717) is 36.1 Å². The molecule has 1 heterocycles. The van der Waals surface area contributed by atoms with E-state index < -0.39 is 41.0 Å². The molecule has 4 rings (SSSR count). The van der Waals surface area contributed by atoms with Gasteiger partial charge < -0.3 is 20.3 Å². The maximum Gasteiger partial charge on any atom is 0.294 e. The van der Waals surface area contributed by atoms with E-state index in [2.05, 4.69) is 15.5 Å². The summed E-state index contributed by atoms with van der Waals surface area (Å²) in [5.41, 5.74) is 3.75. The Hall–Kier alpha value is -5.17. The third-order valence-corrected chi connectivity index (χ3v) is 7.86. The van der Waals surface area contributed by atoms with Crippen LogP contribution in [0.5, 0.6) is 5.75 Å². The molecular formula is C32H33N5O7S. The van der Waals surface area contributed by atoms with Gasteiger partial charge in [0.05, 0.1) is 9.83 Å². The monoisotopic (exact) mass is 631 g/mol. The van der Waals surface area contributed by atoms with E-state index in [1.165, 1.54) is 30.3 Å². The van der Waals surface area contributed by atoms with Crippen LogP contribution in [0.4, 0.5) is 27.5 Å². The lowest BCUT2D eigenvalue weighted by atomic mass is 10.1. The zero-order valence-electron chi connectivity index (χ0n) is 25.3. The van der Waals surface area contributed by atoms with Crippen LogP contribution in [0.2, 0.25) is 0 Å². The van der Waals surface area contributed by atoms with Gasteiger partial charge >= 0.3 is 0 Å². The topological polar surface area (TPSA) is 151 Å². The summed E-state index contributed by atoms with van der Waals surface area (Å²) in [4.78, 5) is 65.0. The molecule has 0 saturated carbocycles. The fourth-order valence-electron chi connectivity index (χ4n) is 4.57. The lowest BCUT2D eigenvalue weighted by molar-refractivity contribution is -0.384. The highest BCUT2D eigenvalue weighted by molar-refractivity contribution is 8.18. The molecule has 1 aliphatic heterocycles. The molecule has 2 N–H and O–H groups in total. The first-order valence-corrected chi connectivity index (χ1v) is 15.0. The predicted octanol–water partition coefficient (Wildman–Crippen LogP) is 5.75. The fourth-order valence-corrected chi connectivity index (χ4v) is 5.40. The highest BCUT2D eigenvalue weighted by atomic mass is 32.2. The van der Waals surface area contributed by atoms with Gasteiger partial charge in [0, 0.05) is 53.9 Å². The van der Waals surface area contributed by atoms with Crippen LogP contribution in [0, 0.1) is 24.0 Å². The van der Waals surface area contributed by atoms with E-state index in [1.807, 2.05) is 52.0 Å². The second-order valence-electron chi connectivity index (χ2n) is 10.2. The molecule has 0 atom stereocenters. The molecule has 12 nitrogen and oxygen atoms in total. The normalized spacial score (nSPS) is 13.6. The number of imide groups is 1. The molecule has 1 saturated heterocycles. The molecule has 1 aliphatic rings. The number of amides is 4. The van der Waals surface area contributed by atoms with E-state index in [4.69, 9.17) is 4.74 Å². The van der Waals surface area contributed by atoms with Gasteiger partial charge in [-0.15, -0.1) is 0 Å². The number of nitro groups is 1. The quantitative estimate of drug-likeness (QED) is 0.145. The Morgan fingerprint density at radius 1 is 1.00 bits per heavy atom. The van der Waals surface area contributed by atoms with Gasteiger partial charge in [-0.25, -0.2) is 0 Å². The Balaban J connectivity index is 1.52. The average molecular weight is 632 g/mol. The van der Waals surface area contributed by atoms with Gasteiger partial charge in [-0.1, -0.05) is 18.2 Å². The van der Waals surface area contributed by atoms with Gasteiger partial charge in [-0.3, -0.25) is 34.2 Å². The predicted molar refractivity (Wildman–Crippen MR) is 174 cm³/mol. The minimum absolute atomic E-state index is 0.0982. The molecule has 13 heteroatoms. The number of nitrogens with one attached hydrogen (secondary N) is 2. The summed E-state index contributed by atoms with van der Waals surface area (Å²) < 4.78 is 5.88. The molecule has 4 amide bonds. The number of thioether (sulfide) groups is 1. The van der Waals surface area contributed by atoms with Crippen LogP contribution >= 0.6 is 11.8 Å². The van der Waals surface area contributed by atoms with E-state index in [9.17, 15) is 29.3 Å². The number of carbonyl (C=O) groups is 4. The summed E-state index contributed by atoms with van der Waals surface area (Å²) in [7, 11) is 0. The Morgan fingerprint density at radius 3 is 2.47 bits per heavy atom. The third-order valence-electron chi connectivity index (χ3n) is 6.95. The van der Waals surface area contributed by atoms with Gasteiger partial charge in [-0.05, 0) is 80.9 Å². The Morgan fingerprint density at radius 2 is 1.76 bits per heavy atom. The number of nitro benzene ring substituents is 1. The SMILES string of the molecule is CCN(CC)c1ccc(/C=C2/SC(=O)N(CC(=O)Nc3cc(C)ccc3C)C2=O)c(OCC(=O)Nc2cccc([N+](=O)[O-])c2)c1. The highest BCUT2D eigenvalue weighted by Gasteiger charge is 2.36. The van der Waals surface area contributed by atoms with Crippen LogP contribution in [0.25, 0.3) is 6.08 Å². The first kappa shape index (κ1) is 32.7. The molecule has 0 aliphatic carbocycles. The van der Waals surface area contributed by atoms with Gasteiger partial charge in [0.15, 0.2) is 6.61 Å². The van der Waals surface area contributed by atoms with E-state index >= 15 is 0 Å². The van der Waals surface area contributed by atoms with Crippen LogP contribution < -0.4 is 20.3 Å². The van der Waals surface area contributed by atoms with E-state index in [1.54, 1.807) is 12.1 Å². The van der Waals surface area contributed by atoms with Crippen LogP contribution in [0.15, 0.2) is 65.6 Å². The zero-order chi connectivity index (χ0) is 32.7. The Kier molecular flexibility index (Phi) is 10.6. The van der Waals surface area contributed by atoms with Crippen LogP contribution in [-0.2, 0) is 14.4 Å². The second kappa shape index (κ2) is 14.5. The molecule has 45 heavy (non-hydrogen) atoms. The van der Waals surface area contributed by atoms with Crippen molar-refractivity contribution in [3.8, 4) is 5.75 Å². The molecule has 3 aromatic carbocycles. The molecule has 0 spiro atoms. The lowest BCUT2D eigenvalue weighted by Crippen LogP contribution is -2.36. The molecule has 0 radical (unpaired) electrons. The van der Waals surface area contributed by atoms with Crippen molar-refractivity contribution in [1.82, 2.24) is 4.90 Å². The van der Waals surface area contributed by atoms with Gasteiger partial charge in [0.1, 0.15) is 12.3 Å². The Labute approximate surface area is 264 Å². The number of non-ortho nitro benzene ring substituents is 1. The number of rotatable bonds is 12. The third kappa shape index (κ3) is 8.26. The summed E-state index contributed by atoms with van der Waals surface area (Å²) in [6, 6.07) is 16.4. The molecule has 0 unspecified atom stereocenters. The summed E-state index contributed by atoms with van der Waals surface area (Å²) in [5.74, 6) is -1.39. The summed E-state index contributed by atoms with van der Waals surface area (Å²) in [6.07, 6.45) is 1.49. The number of hydrogen-bond acceptors (Lipinski definition) is 9. The number of ether oxygens (including phenoxy) is 1. The van der Waals surface area contributed by atoms with Crippen LogP contribution in [0.3, 0.4) is 0 Å². The summed E-state index contributed by atoms with van der Waals surface area (Å²) >= 11 is 0.707. The molecule has 0 aromatic heterocycles. The number of benzene rings is 3. The van der Waals surface area contributed by atoms with Gasteiger partial charge in [0.2, 0.25) is 5.91 Å². The summed E-state index contributed by atoms with van der Waals surface area (Å²) in [5, 5.41) is 15.8. The number of nitrogens with zero attached hydrogens (tertiary/aromatic N) is 3. The maximum atomic E-state index is 13.2. The lowest BCUT2D eigenvalue weighted by Gasteiger charge is -2.22. The van der Waals surface area contributed by atoms with Crippen LogP contribution in [-0.4, -0.2) is 59.0 Å². The number of anilines is 3. The van der Waals surface area contributed by atoms with Gasteiger partial charge in [0.25, 0.3) is 22.7 Å². The van der Waals surface area contributed by atoms with Crippen molar-refractivity contribution in [2.75, 3.05) is 41.8 Å².